The van der Waals surface area contributed by atoms with Gasteiger partial charge in [-0.3, -0.25) is 9.10 Å². The van der Waals surface area contributed by atoms with E-state index >= 15 is 0 Å². The summed E-state index contributed by atoms with van der Waals surface area (Å²) in [4.78, 5) is 31.1. The fourth-order valence-electron chi connectivity index (χ4n) is 4.37. The van der Waals surface area contributed by atoms with Crippen LogP contribution < -0.4 is 4.31 Å². The summed E-state index contributed by atoms with van der Waals surface area (Å²) in [7, 11) is -3.74. The molecule has 2 aromatic carbocycles. The zero-order valence-corrected chi connectivity index (χ0v) is 19.7. The van der Waals surface area contributed by atoms with Crippen LogP contribution in [0.25, 0.3) is 0 Å². The summed E-state index contributed by atoms with van der Waals surface area (Å²) in [5, 5.41) is 0. The van der Waals surface area contributed by atoms with Crippen molar-refractivity contribution in [2.75, 3.05) is 50.1 Å². The van der Waals surface area contributed by atoms with E-state index in [2.05, 4.69) is 0 Å². The van der Waals surface area contributed by atoms with Gasteiger partial charge in [-0.2, -0.15) is 0 Å². The Morgan fingerprint density at radius 1 is 0.788 bits per heavy atom. The van der Waals surface area contributed by atoms with Crippen LogP contribution in [-0.2, 0) is 10.0 Å². The summed E-state index contributed by atoms with van der Waals surface area (Å²) in [6.45, 7) is 5.67. The molecule has 33 heavy (non-hydrogen) atoms. The third-order valence-electron chi connectivity index (χ3n) is 6.23. The number of rotatable bonds is 5. The molecule has 0 N–H and O–H groups in total. The molecule has 2 saturated heterocycles. The lowest BCUT2D eigenvalue weighted by Gasteiger charge is -2.36. The van der Waals surface area contributed by atoms with Gasteiger partial charge in [0.2, 0.25) is 0 Å². The Bertz CT molecular complexity index is 1080. The monoisotopic (exact) mass is 470 g/mol. The molecule has 4 rings (SSSR count). The van der Waals surface area contributed by atoms with E-state index in [0.29, 0.717) is 44.0 Å². The normalized spacial score (nSPS) is 16.7. The summed E-state index contributed by atoms with van der Waals surface area (Å²) in [6, 6.07) is 15.1. The van der Waals surface area contributed by atoms with Gasteiger partial charge >= 0.3 is 6.03 Å². The highest BCUT2D eigenvalue weighted by atomic mass is 32.2. The van der Waals surface area contributed by atoms with Crippen LogP contribution in [0.15, 0.2) is 59.5 Å². The molecule has 0 aliphatic carbocycles. The van der Waals surface area contributed by atoms with Crippen LogP contribution in [0, 0.1) is 0 Å². The molecule has 9 heteroatoms. The molecule has 0 unspecified atom stereocenters. The van der Waals surface area contributed by atoms with Gasteiger partial charge in [-0.15, -0.1) is 0 Å². The third kappa shape index (κ3) is 4.83. The predicted molar refractivity (Wildman–Crippen MR) is 127 cm³/mol. The Hall–Kier alpha value is -3.07. The molecule has 176 valence electrons. The zero-order chi connectivity index (χ0) is 23.4. The molecular weight excluding hydrogens is 440 g/mol. The largest absolute Gasteiger partial charge is 0.335 e. The van der Waals surface area contributed by atoms with E-state index in [9.17, 15) is 18.0 Å². The standard InChI is InChI=1S/C24H30N4O4S/c1-2-28(21-8-4-3-5-9-21)33(31,32)22-12-10-20(11-13-22)23(29)25-16-18-27(19-17-25)24(30)26-14-6-7-15-26/h3-5,8-13H,2,6-7,14-19H2,1H3. The second-order valence-corrected chi connectivity index (χ2v) is 10.1. The van der Waals surface area contributed by atoms with Gasteiger partial charge in [0.15, 0.2) is 0 Å². The predicted octanol–water partition coefficient (Wildman–Crippen LogP) is 2.88. The maximum absolute atomic E-state index is 13.1. The number of hydrogen-bond donors (Lipinski definition) is 0. The number of likely N-dealkylation sites (tertiary alicyclic amines) is 1. The van der Waals surface area contributed by atoms with Gasteiger partial charge in [-0.25, -0.2) is 13.2 Å². The number of carbonyl (C=O) groups is 2. The van der Waals surface area contributed by atoms with Crippen molar-refractivity contribution in [2.24, 2.45) is 0 Å². The number of urea groups is 1. The highest BCUT2D eigenvalue weighted by Crippen LogP contribution is 2.24. The number of sulfonamides is 1. The van der Waals surface area contributed by atoms with Crippen molar-refractivity contribution < 1.29 is 18.0 Å². The number of benzene rings is 2. The smallest absolute Gasteiger partial charge is 0.320 e. The maximum Gasteiger partial charge on any atom is 0.320 e. The summed E-state index contributed by atoms with van der Waals surface area (Å²) in [5.41, 5.74) is 1.04. The molecule has 2 fully saturated rings. The van der Waals surface area contributed by atoms with Crippen molar-refractivity contribution in [3.05, 3.63) is 60.2 Å². The van der Waals surface area contributed by atoms with Gasteiger partial charge in [-0.1, -0.05) is 18.2 Å². The Kier molecular flexibility index (Phi) is 6.88. The van der Waals surface area contributed by atoms with Crippen LogP contribution in [0.2, 0.25) is 0 Å². The molecule has 0 saturated carbocycles. The lowest BCUT2D eigenvalue weighted by molar-refractivity contribution is 0.0645. The SMILES string of the molecule is CCN(c1ccccc1)S(=O)(=O)c1ccc(C(=O)N2CCN(C(=O)N3CCCC3)CC2)cc1. The van der Waals surface area contributed by atoms with Crippen LogP contribution in [0.3, 0.4) is 0 Å². The van der Waals surface area contributed by atoms with Crippen LogP contribution >= 0.6 is 0 Å². The van der Waals surface area contributed by atoms with Gasteiger partial charge in [0.05, 0.1) is 10.6 Å². The highest BCUT2D eigenvalue weighted by molar-refractivity contribution is 7.92. The molecule has 8 nitrogen and oxygen atoms in total. The van der Waals surface area contributed by atoms with E-state index in [-0.39, 0.29) is 16.8 Å². The van der Waals surface area contributed by atoms with Crippen LogP contribution in [0.5, 0.6) is 0 Å². The maximum atomic E-state index is 13.1. The van der Waals surface area contributed by atoms with Crippen molar-refractivity contribution in [1.82, 2.24) is 14.7 Å². The quantitative estimate of drug-likeness (QED) is 0.673. The molecule has 2 heterocycles. The highest BCUT2D eigenvalue weighted by Gasteiger charge is 2.29. The molecule has 2 aliphatic heterocycles. The van der Waals surface area contributed by atoms with Crippen molar-refractivity contribution in [1.29, 1.82) is 0 Å². The first-order valence-corrected chi connectivity index (χ1v) is 12.9. The van der Waals surface area contributed by atoms with E-state index in [1.54, 1.807) is 48.2 Å². The average Bonchev–Trinajstić information content (AvgIpc) is 3.39. The molecule has 3 amide bonds. The van der Waals surface area contributed by atoms with Gasteiger partial charge < -0.3 is 14.7 Å². The van der Waals surface area contributed by atoms with Crippen molar-refractivity contribution in [3.63, 3.8) is 0 Å². The number of piperazine rings is 1. The third-order valence-corrected chi connectivity index (χ3v) is 8.15. The van der Waals surface area contributed by atoms with E-state index in [4.69, 9.17) is 0 Å². The fourth-order valence-corrected chi connectivity index (χ4v) is 5.85. The lowest BCUT2D eigenvalue weighted by atomic mass is 10.2. The number of para-hydroxylation sites is 1. The number of carbonyl (C=O) groups excluding carboxylic acids is 2. The van der Waals surface area contributed by atoms with Gasteiger partial charge in [0.1, 0.15) is 0 Å². The van der Waals surface area contributed by atoms with Gasteiger partial charge in [0, 0.05) is 51.4 Å². The van der Waals surface area contributed by atoms with Crippen molar-refractivity contribution >= 4 is 27.6 Å². The molecule has 0 bridgehead atoms. The molecule has 0 spiro atoms. The van der Waals surface area contributed by atoms with Gasteiger partial charge in [0.25, 0.3) is 15.9 Å². The molecular formula is C24H30N4O4S. The lowest BCUT2D eigenvalue weighted by Crippen LogP contribution is -2.53. The second kappa shape index (κ2) is 9.82. The topological polar surface area (TPSA) is 81.2 Å². The second-order valence-electron chi connectivity index (χ2n) is 8.29. The number of nitrogens with zero attached hydrogens (tertiary/aromatic N) is 4. The molecule has 0 radical (unpaired) electrons. The van der Waals surface area contributed by atoms with E-state index in [1.165, 1.54) is 16.4 Å². The molecule has 0 aromatic heterocycles. The van der Waals surface area contributed by atoms with Crippen molar-refractivity contribution in [2.45, 2.75) is 24.7 Å². The summed E-state index contributed by atoms with van der Waals surface area (Å²) >= 11 is 0. The number of hydrogen-bond acceptors (Lipinski definition) is 4. The molecule has 2 aliphatic rings. The first-order valence-electron chi connectivity index (χ1n) is 11.4. The minimum Gasteiger partial charge on any atom is -0.335 e. The number of anilines is 1. The Morgan fingerprint density at radius 3 is 1.91 bits per heavy atom. The first-order chi connectivity index (χ1) is 15.9. The van der Waals surface area contributed by atoms with Gasteiger partial charge in [-0.05, 0) is 56.2 Å². The first kappa shape index (κ1) is 23.1. The minimum atomic E-state index is -3.74. The summed E-state index contributed by atoms with van der Waals surface area (Å²) in [6.07, 6.45) is 2.11. The number of amides is 3. The average molecular weight is 471 g/mol. The zero-order valence-electron chi connectivity index (χ0n) is 18.9. The minimum absolute atomic E-state index is 0.0630. The van der Waals surface area contributed by atoms with Crippen LogP contribution in [0.1, 0.15) is 30.1 Å². The van der Waals surface area contributed by atoms with Crippen LogP contribution in [-0.4, -0.2) is 80.9 Å². The van der Waals surface area contributed by atoms with Crippen LogP contribution in [0.4, 0.5) is 10.5 Å². The fraction of sp³-hybridized carbons (Fsp3) is 0.417. The summed E-state index contributed by atoms with van der Waals surface area (Å²) < 4.78 is 27.6. The summed E-state index contributed by atoms with van der Waals surface area (Å²) in [5.74, 6) is -0.150. The van der Waals surface area contributed by atoms with Crippen molar-refractivity contribution in [3.8, 4) is 0 Å². The van der Waals surface area contributed by atoms with E-state index < -0.39 is 10.0 Å². The molecule has 2 aromatic rings. The Morgan fingerprint density at radius 2 is 1.33 bits per heavy atom. The van der Waals surface area contributed by atoms with E-state index in [1.807, 2.05) is 15.9 Å². The van der Waals surface area contributed by atoms with E-state index in [0.717, 1.165) is 25.9 Å². The molecule has 0 atom stereocenters. The Labute approximate surface area is 195 Å². The Balaban J connectivity index is 1.41.